The van der Waals surface area contributed by atoms with Gasteiger partial charge in [-0.05, 0) is 38.2 Å². The second kappa shape index (κ2) is 9.58. The molecule has 0 unspecified atom stereocenters. The van der Waals surface area contributed by atoms with Gasteiger partial charge in [0.15, 0.2) is 0 Å². The molecule has 1 rings (SSSR count). The van der Waals surface area contributed by atoms with Gasteiger partial charge in [0.2, 0.25) is 11.8 Å². The van der Waals surface area contributed by atoms with Gasteiger partial charge in [-0.15, -0.1) is 0 Å². The fourth-order valence-electron chi connectivity index (χ4n) is 1.97. The Hall–Kier alpha value is -1.40. The van der Waals surface area contributed by atoms with E-state index in [1.807, 2.05) is 50.2 Å². The first-order chi connectivity index (χ1) is 10.4. The van der Waals surface area contributed by atoms with Crippen LogP contribution in [0.4, 0.5) is 5.69 Å². The van der Waals surface area contributed by atoms with Gasteiger partial charge < -0.3 is 15.5 Å². The van der Waals surface area contributed by atoms with Crippen LogP contribution < -0.4 is 10.6 Å². The molecule has 122 valence electrons. The maximum atomic E-state index is 12.0. The summed E-state index contributed by atoms with van der Waals surface area (Å²) in [5.41, 5.74) is 0.752. The smallest absolute Gasteiger partial charge is 0.224 e. The zero-order chi connectivity index (χ0) is 16.5. The van der Waals surface area contributed by atoms with Crippen molar-refractivity contribution in [3.63, 3.8) is 0 Å². The summed E-state index contributed by atoms with van der Waals surface area (Å²) in [6.07, 6.45) is 0.687. The van der Waals surface area contributed by atoms with Gasteiger partial charge in [0, 0.05) is 36.1 Å². The fraction of sp³-hybridized carbons (Fsp3) is 0.500. The van der Waals surface area contributed by atoms with Gasteiger partial charge in [-0.1, -0.05) is 28.9 Å². The summed E-state index contributed by atoms with van der Waals surface area (Å²) in [6, 6.07) is 7.44. The highest BCUT2D eigenvalue weighted by molar-refractivity contribution is 9.10. The van der Waals surface area contributed by atoms with Crippen LogP contribution in [0.1, 0.15) is 19.8 Å². The third-order valence-corrected chi connectivity index (χ3v) is 3.55. The SMILES string of the molecule is C[C@@H](CC(=O)NCCN(C)C)CC(=O)Nc1cccc(Br)c1. The first-order valence-corrected chi connectivity index (χ1v) is 8.13. The number of anilines is 1. The molecular formula is C16H24BrN3O2. The molecule has 0 aliphatic heterocycles. The average Bonchev–Trinajstić information content (AvgIpc) is 2.37. The zero-order valence-corrected chi connectivity index (χ0v) is 14.9. The molecule has 0 aromatic heterocycles. The maximum absolute atomic E-state index is 12.0. The lowest BCUT2D eigenvalue weighted by Gasteiger charge is -2.13. The number of carbonyl (C=O) groups excluding carboxylic acids is 2. The van der Waals surface area contributed by atoms with Gasteiger partial charge in [0.25, 0.3) is 0 Å². The standard InChI is InChI=1S/C16H24BrN3O2/c1-12(9-15(21)18-7-8-20(2)3)10-16(22)19-14-6-4-5-13(17)11-14/h4-6,11-12H,7-10H2,1-3H3,(H,18,21)(H,19,22)/t12-/m0/s1. The Morgan fingerprint density at radius 1 is 1.23 bits per heavy atom. The zero-order valence-electron chi connectivity index (χ0n) is 13.4. The van der Waals surface area contributed by atoms with Crippen LogP contribution in [0, 0.1) is 5.92 Å². The van der Waals surface area contributed by atoms with E-state index in [4.69, 9.17) is 0 Å². The number of nitrogens with zero attached hydrogens (tertiary/aromatic N) is 1. The van der Waals surface area contributed by atoms with Crippen molar-refractivity contribution in [1.82, 2.24) is 10.2 Å². The molecule has 2 N–H and O–H groups in total. The molecule has 0 spiro atoms. The summed E-state index contributed by atoms with van der Waals surface area (Å²) >= 11 is 3.36. The van der Waals surface area contributed by atoms with Crippen molar-refractivity contribution in [2.45, 2.75) is 19.8 Å². The molecule has 0 saturated heterocycles. The van der Waals surface area contributed by atoms with Crippen molar-refractivity contribution in [3.8, 4) is 0 Å². The minimum absolute atomic E-state index is 0.00603. The first kappa shape index (κ1) is 18.6. The monoisotopic (exact) mass is 369 g/mol. The van der Waals surface area contributed by atoms with Gasteiger partial charge in [-0.2, -0.15) is 0 Å². The van der Waals surface area contributed by atoms with Crippen molar-refractivity contribution >= 4 is 33.4 Å². The molecule has 1 aromatic rings. The molecule has 0 fully saturated rings. The van der Waals surface area contributed by atoms with Crippen LogP contribution in [-0.2, 0) is 9.59 Å². The number of likely N-dealkylation sites (N-methyl/N-ethyl adjacent to an activating group) is 1. The molecule has 0 heterocycles. The van der Waals surface area contributed by atoms with Crippen molar-refractivity contribution in [2.75, 3.05) is 32.5 Å². The van der Waals surface area contributed by atoms with Crippen LogP contribution in [0.5, 0.6) is 0 Å². The molecule has 0 aliphatic carbocycles. The van der Waals surface area contributed by atoms with E-state index in [1.165, 1.54) is 0 Å². The minimum Gasteiger partial charge on any atom is -0.355 e. The largest absolute Gasteiger partial charge is 0.355 e. The highest BCUT2D eigenvalue weighted by Crippen LogP contribution is 2.16. The van der Waals surface area contributed by atoms with Gasteiger partial charge in [-0.25, -0.2) is 0 Å². The lowest BCUT2D eigenvalue weighted by molar-refractivity contribution is -0.122. The molecule has 5 nitrogen and oxygen atoms in total. The number of carbonyl (C=O) groups is 2. The van der Waals surface area contributed by atoms with Gasteiger partial charge in [-0.3, -0.25) is 9.59 Å². The minimum atomic E-state index is -0.0771. The normalized spacial score (nSPS) is 12.0. The van der Waals surface area contributed by atoms with Crippen molar-refractivity contribution in [1.29, 1.82) is 0 Å². The second-order valence-corrected chi connectivity index (χ2v) is 6.64. The number of amides is 2. The number of halogens is 1. The van der Waals surface area contributed by atoms with E-state index >= 15 is 0 Å². The molecule has 0 radical (unpaired) electrons. The molecule has 1 atom stereocenters. The number of nitrogens with one attached hydrogen (secondary N) is 2. The average molecular weight is 370 g/mol. The second-order valence-electron chi connectivity index (χ2n) is 5.73. The van der Waals surface area contributed by atoms with Crippen LogP contribution in [0.25, 0.3) is 0 Å². The van der Waals surface area contributed by atoms with E-state index in [2.05, 4.69) is 26.6 Å². The Kier molecular flexibility index (Phi) is 8.12. The number of benzene rings is 1. The third-order valence-electron chi connectivity index (χ3n) is 3.06. The Labute approximate surface area is 140 Å². The molecule has 0 aliphatic rings. The summed E-state index contributed by atoms with van der Waals surface area (Å²) in [4.78, 5) is 25.7. The number of rotatable bonds is 8. The molecule has 0 saturated carbocycles. The molecule has 22 heavy (non-hydrogen) atoms. The Bertz CT molecular complexity index is 506. The van der Waals surface area contributed by atoms with E-state index in [1.54, 1.807) is 0 Å². The van der Waals surface area contributed by atoms with Gasteiger partial charge >= 0.3 is 0 Å². The number of hydrogen-bond donors (Lipinski definition) is 2. The van der Waals surface area contributed by atoms with Gasteiger partial charge in [0.1, 0.15) is 0 Å². The predicted molar refractivity (Wildman–Crippen MR) is 92.7 cm³/mol. The molecule has 1 aromatic carbocycles. The van der Waals surface area contributed by atoms with Crippen LogP contribution in [0.3, 0.4) is 0 Å². The highest BCUT2D eigenvalue weighted by Gasteiger charge is 2.13. The molecular weight excluding hydrogens is 346 g/mol. The Morgan fingerprint density at radius 2 is 1.91 bits per heavy atom. The lowest BCUT2D eigenvalue weighted by Crippen LogP contribution is -2.32. The van der Waals surface area contributed by atoms with Crippen molar-refractivity contribution in [2.24, 2.45) is 5.92 Å². The van der Waals surface area contributed by atoms with Gasteiger partial charge in [0.05, 0.1) is 0 Å². The van der Waals surface area contributed by atoms with E-state index < -0.39 is 0 Å². The topological polar surface area (TPSA) is 61.4 Å². The first-order valence-electron chi connectivity index (χ1n) is 7.33. The molecule has 6 heteroatoms. The van der Waals surface area contributed by atoms with Crippen LogP contribution in [0.2, 0.25) is 0 Å². The quantitative estimate of drug-likeness (QED) is 0.739. The molecule has 0 bridgehead atoms. The summed E-state index contributed by atoms with van der Waals surface area (Å²) in [5, 5.41) is 5.69. The maximum Gasteiger partial charge on any atom is 0.224 e. The summed E-state index contributed by atoms with van der Waals surface area (Å²) in [7, 11) is 3.92. The van der Waals surface area contributed by atoms with E-state index in [0.29, 0.717) is 19.4 Å². The van der Waals surface area contributed by atoms with Crippen LogP contribution in [-0.4, -0.2) is 43.9 Å². The van der Waals surface area contributed by atoms with Crippen LogP contribution >= 0.6 is 15.9 Å². The lowest BCUT2D eigenvalue weighted by atomic mass is 10.0. The van der Waals surface area contributed by atoms with Crippen molar-refractivity contribution < 1.29 is 9.59 Å². The number of hydrogen-bond acceptors (Lipinski definition) is 3. The van der Waals surface area contributed by atoms with Crippen molar-refractivity contribution in [3.05, 3.63) is 28.7 Å². The Balaban J connectivity index is 2.30. The van der Waals surface area contributed by atoms with E-state index in [-0.39, 0.29) is 17.7 Å². The third kappa shape index (κ3) is 8.14. The Morgan fingerprint density at radius 3 is 2.55 bits per heavy atom. The van der Waals surface area contributed by atoms with E-state index in [0.717, 1.165) is 16.7 Å². The van der Waals surface area contributed by atoms with E-state index in [9.17, 15) is 9.59 Å². The fourth-order valence-corrected chi connectivity index (χ4v) is 2.37. The molecule has 2 amide bonds. The predicted octanol–water partition coefficient (Wildman–Crippen LogP) is 2.48. The highest BCUT2D eigenvalue weighted by atomic mass is 79.9. The van der Waals surface area contributed by atoms with Crippen LogP contribution in [0.15, 0.2) is 28.7 Å². The summed E-state index contributed by atoms with van der Waals surface area (Å²) < 4.78 is 0.915. The summed E-state index contributed by atoms with van der Waals surface area (Å²) in [5.74, 6) is -0.0807. The summed E-state index contributed by atoms with van der Waals surface area (Å²) in [6.45, 7) is 3.35.